The topological polar surface area (TPSA) is 129 Å². The maximum Gasteiger partial charge on any atom is 0.407 e. The van der Waals surface area contributed by atoms with Crippen molar-refractivity contribution >= 4 is 35.9 Å². The molecule has 34 heavy (non-hydrogen) atoms. The second-order valence-corrected chi connectivity index (χ2v) is 8.03. The third kappa shape index (κ3) is 13.2. The van der Waals surface area contributed by atoms with Gasteiger partial charge in [0.2, 0.25) is 0 Å². The van der Waals surface area contributed by atoms with Crippen molar-refractivity contribution in [1.82, 2.24) is 10.6 Å². The second-order valence-electron chi connectivity index (χ2n) is 6.94. The lowest BCUT2D eigenvalue weighted by molar-refractivity contribution is -0.139. The van der Waals surface area contributed by atoms with Crippen LogP contribution in [0.15, 0.2) is 59.5 Å². The Hall–Kier alpha value is -3.47. The lowest BCUT2D eigenvalue weighted by Crippen LogP contribution is -2.37. The molecule has 0 heterocycles. The summed E-state index contributed by atoms with van der Waals surface area (Å²) in [6, 6.07) is 9.44. The van der Waals surface area contributed by atoms with E-state index in [2.05, 4.69) is 23.8 Å². The molecule has 10 nitrogen and oxygen atoms in total. The fourth-order valence-electron chi connectivity index (χ4n) is 2.07. The Morgan fingerprint density at radius 3 is 1.91 bits per heavy atom. The average Bonchev–Trinajstić information content (AvgIpc) is 2.81. The number of carbonyl (C=O) groups excluding carboxylic acids is 4. The molecule has 1 aromatic rings. The highest BCUT2D eigenvalue weighted by molar-refractivity contribution is 7.99. The van der Waals surface area contributed by atoms with Gasteiger partial charge in [0.1, 0.15) is 25.9 Å². The fourth-order valence-corrected chi connectivity index (χ4v) is 2.97. The van der Waals surface area contributed by atoms with Gasteiger partial charge in [-0.15, -0.1) is 11.8 Å². The molecular formula is C23H30N2O8S. The SMILES string of the molecule is C=C(C)C(=O)OCCNC(=O)OCC(CSc1ccccc1)OC(=O)NCCOC(=O)C(=C)C. The minimum absolute atomic E-state index is 0.0388. The van der Waals surface area contributed by atoms with Crippen LogP contribution >= 0.6 is 11.8 Å². The number of nitrogens with one attached hydrogen (secondary N) is 2. The van der Waals surface area contributed by atoms with E-state index in [1.165, 1.54) is 25.6 Å². The van der Waals surface area contributed by atoms with Crippen molar-refractivity contribution in [2.24, 2.45) is 0 Å². The van der Waals surface area contributed by atoms with Crippen molar-refractivity contribution in [3.8, 4) is 0 Å². The van der Waals surface area contributed by atoms with Crippen LogP contribution in [0.5, 0.6) is 0 Å². The van der Waals surface area contributed by atoms with E-state index in [0.717, 1.165) is 4.90 Å². The summed E-state index contributed by atoms with van der Waals surface area (Å²) in [7, 11) is 0. The van der Waals surface area contributed by atoms with Gasteiger partial charge in [-0.3, -0.25) is 0 Å². The zero-order chi connectivity index (χ0) is 25.3. The van der Waals surface area contributed by atoms with E-state index in [4.69, 9.17) is 18.9 Å². The Morgan fingerprint density at radius 1 is 0.853 bits per heavy atom. The number of carbonyl (C=O) groups is 4. The highest BCUT2D eigenvalue weighted by Gasteiger charge is 2.18. The van der Waals surface area contributed by atoms with E-state index in [1.54, 1.807) is 0 Å². The first-order valence-corrected chi connectivity index (χ1v) is 11.4. The summed E-state index contributed by atoms with van der Waals surface area (Å²) in [5.41, 5.74) is 0.510. The van der Waals surface area contributed by atoms with Gasteiger partial charge in [-0.25, -0.2) is 19.2 Å². The van der Waals surface area contributed by atoms with E-state index in [0.29, 0.717) is 5.75 Å². The standard InChI is InChI=1S/C23H30N2O8S/c1-16(2)20(26)30-12-10-24-22(28)32-14-18(15-34-19-8-6-5-7-9-19)33-23(29)25-11-13-31-21(27)17(3)4/h5-9,18H,1,3,10-15H2,2,4H3,(H,24,28)(H,25,29). The molecule has 1 rings (SSSR count). The molecule has 0 aliphatic rings. The lowest BCUT2D eigenvalue weighted by Gasteiger charge is -2.18. The van der Waals surface area contributed by atoms with Crippen LogP contribution in [0.4, 0.5) is 9.59 Å². The van der Waals surface area contributed by atoms with Crippen molar-refractivity contribution in [2.45, 2.75) is 24.8 Å². The van der Waals surface area contributed by atoms with Gasteiger partial charge in [-0.1, -0.05) is 31.4 Å². The zero-order valence-corrected chi connectivity index (χ0v) is 20.1. The predicted octanol–water partition coefficient (Wildman–Crippen LogP) is 2.84. The van der Waals surface area contributed by atoms with Gasteiger partial charge in [0.25, 0.3) is 0 Å². The van der Waals surface area contributed by atoms with Crippen LogP contribution in [-0.2, 0) is 28.5 Å². The monoisotopic (exact) mass is 494 g/mol. The van der Waals surface area contributed by atoms with Crippen LogP contribution in [0.25, 0.3) is 0 Å². The normalized spacial score (nSPS) is 10.9. The van der Waals surface area contributed by atoms with Gasteiger partial charge >= 0.3 is 24.1 Å². The van der Waals surface area contributed by atoms with Crippen LogP contribution in [0.1, 0.15) is 13.8 Å². The molecule has 186 valence electrons. The van der Waals surface area contributed by atoms with Gasteiger partial charge in [0, 0.05) is 21.8 Å². The molecule has 1 atom stereocenters. The molecule has 0 aliphatic heterocycles. The third-order valence-corrected chi connectivity index (χ3v) is 4.90. The Kier molecular flexibility index (Phi) is 13.6. The number of hydrogen-bond donors (Lipinski definition) is 2. The number of hydrogen-bond acceptors (Lipinski definition) is 9. The first-order valence-electron chi connectivity index (χ1n) is 10.4. The van der Waals surface area contributed by atoms with Crippen LogP contribution in [0, 0.1) is 0 Å². The Morgan fingerprint density at radius 2 is 1.38 bits per heavy atom. The summed E-state index contributed by atoms with van der Waals surface area (Å²) in [4.78, 5) is 47.6. The van der Waals surface area contributed by atoms with E-state index in [9.17, 15) is 19.2 Å². The molecule has 2 amide bonds. The summed E-state index contributed by atoms with van der Waals surface area (Å²) in [5, 5.41) is 4.90. The van der Waals surface area contributed by atoms with Gasteiger partial charge in [-0.05, 0) is 26.0 Å². The molecule has 0 aliphatic carbocycles. The van der Waals surface area contributed by atoms with Gasteiger partial charge in [-0.2, -0.15) is 0 Å². The minimum Gasteiger partial charge on any atom is -0.460 e. The summed E-state index contributed by atoms with van der Waals surface area (Å²) >= 11 is 1.42. The van der Waals surface area contributed by atoms with E-state index < -0.39 is 30.2 Å². The lowest BCUT2D eigenvalue weighted by atomic mass is 10.4. The molecular weight excluding hydrogens is 464 g/mol. The number of alkyl carbamates (subject to hydrolysis) is 2. The maximum absolute atomic E-state index is 12.1. The molecule has 1 unspecified atom stereocenters. The van der Waals surface area contributed by atoms with Crippen LogP contribution < -0.4 is 10.6 Å². The van der Waals surface area contributed by atoms with Crippen molar-refractivity contribution in [2.75, 3.05) is 38.7 Å². The van der Waals surface area contributed by atoms with Crippen molar-refractivity contribution < 1.29 is 38.1 Å². The summed E-state index contributed by atoms with van der Waals surface area (Å²) in [6.45, 7) is 9.77. The average molecular weight is 495 g/mol. The Labute approximate surface area is 203 Å². The van der Waals surface area contributed by atoms with Crippen molar-refractivity contribution in [3.63, 3.8) is 0 Å². The fraction of sp³-hybridized carbons (Fsp3) is 0.391. The molecule has 0 fully saturated rings. The number of rotatable bonds is 14. The predicted molar refractivity (Wildman–Crippen MR) is 126 cm³/mol. The van der Waals surface area contributed by atoms with Crippen molar-refractivity contribution in [3.05, 3.63) is 54.6 Å². The highest BCUT2D eigenvalue weighted by Crippen LogP contribution is 2.19. The Bertz CT molecular complexity index is 860. The van der Waals surface area contributed by atoms with Crippen molar-refractivity contribution in [1.29, 1.82) is 0 Å². The molecule has 2 N–H and O–H groups in total. The maximum atomic E-state index is 12.1. The molecule has 0 aromatic heterocycles. The molecule has 0 saturated heterocycles. The van der Waals surface area contributed by atoms with Crippen LogP contribution in [0.3, 0.4) is 0 Å². The summed E-state index contributed by atoms with van der Waals surface area (Å²) in [6.07, 6.45) is -2.26. The number of amides is 2. The number of benzene rings is 1. The molecule has 11 heteroatoms. The third-order valence-electron chi connectivity index (χ3n) is 3.76. The largest absolute Gasteiger partial charge is 0.460 e. The van der Waals surface area contributed by atoms with Crippen LogP contribution in [0.2, 0.25) is 0 Å². The van der Waals surface area contributed by atoms with Gasteiger partial charge in [0.15, 0.2) is 0 Å². The summed E-state index contributed by atoms with van der Waals surface area (Å²) in [5.74, 6) is -0.783. The van der Waals surface area contributed by atoms with Gasteiger partial charge < -0.3 is 29.6 Å². The molecule has 0 bridgehead atoms. The van der Waals surface area contributed by atoms with E-state index in [1.807, 2.05) is 30.3 Å². The smallest absolute Gasteiger partial charge is 0.407 e. The molecule has 1 aromatic carbocycles. The summed E-state index contributed by atoms with van der Waals surface area (Å²) < 4.78 is 20.2. The number of esters is 2. The highest BCUT2D eigenvalue weighted by atomic mass is 32.2. The minimum atomic E-state index is -0.754. The van der Waals surface area contributed by atoms with E-state index in [-0.39, 0.29) is 44.1 Å². The molecule has 0 saturated carbocycles. The first-order chi connectivity index (χ1) is 16.2. The molecule has 0 spiro atoms. The van der Waals surface area contributed by atoms with Crippen LogP contribution in [-0.4, -0.2) is 68.9 Å². The number of ether oxygens (including phenoxy) is 4. The van der Waals surface area contributed by atoms with Gasteiger partial charge in [0.05, 0.1) is 13.1 Å². The molecule has 0 radical (unpaired) electrons. The number of thioether (sulfide) groups is 1. The quantitative estimate of drug-likeness (QED) is 0.132. The zero-order valence-electron chi connectivity index (χ0n) is 19.3. The first kappa shape index (κ1) is 28.6. The second kappa shape index (κ2) is 16.2. The van der Waals surface area contributed by atoms with E-state index >= 15 is 0 Å². The Balaban J connectivity index is 2.46.